The zero-order valence-corrected chi connectivity index (χ0v) is 17.6. The fourth-order valence-electron chi connectivity index (χ4n) is 2.69. The smallest absolute Gasteiger partial charge is 0.150 e. The molecule has 5 nitrogen and oxygen atoms in total. The van der Waals surface area contributed by atoms with Gasteiger partial charge in [0.05, 0.1) is 29.5 Å². The molecule has 0 amide bonds. The van der Waals surface area contributed by atoms with Gasteiger partial charge in [0.15, 0.2) is 5.76 Å². The minimum absolute atomic E-state index is 0.147. The Kier molecular flexibility index (Phi) is 7.65. The average molecular weight is 454 g/mol. The van der Waals surface area contributed by atoms with Crippen molar-refractivity contribution in [2.24, 2.45) is 0 Å². The second kappa shape index (κ2) is 10.4. The first-order chi connectivity index (χ1) is 14.5. The minimum atomic E-state index is -0.717. The normalized spacial score (nSPS) is 11.9. The molecule has 3 rings (SSSR count). The first-order valence-electron chi connectivity index (χ1n) is 9.17. The van der Waals surface area contributed by atoms with E-state index in [0.717, 1.165) is 6.07 Å². The Morgan fingerprint density at radius 3 is 2.57 bits per heavy atom. The number of hydrogen-bond donors (Lipinski definition) is 0. The summed E-state index contributed by atoms with van der Waals surface area (Å²) in [5.74, 6) is -0.560. The van der Waals surface area contributed by atoms with E-state index in [1.54, 1.807) is 25.1 Å². The Morgan fingerprint density at radius 1 is 1.07 bits per heavy atom. The van der Waals surface area contributed by atoms with Crippen LogP contribution in [0.15, 0.2) is 49.1 Å². The summed E-state index contributed by atoms with van der Waals surface area (Å²) in [7, 11) is 0. The molecule has 1 aromatic heterocycles. The van der Waals surface area contributed by atoms with Crippen LogP contribution in [0.5, 0.6) is 5.75 Å². The zero-order valence-electron chi connectivity index (χ0n) is 16.1. The molecule has 30 heavy (non-hydrogen) atoms. The summed E-state index contributed by atoms with van der Waals surface area (Å²) in [5.41, 5.74) is 0.677. The van der Waals surface area contributed by atoms with Gasteiger partial charge in [-0.1, -0.05) is 23.2 Å². The van der Waals surface area contributed by atoms with Crippen molar-refractivity contribution in [3.05, 3.63) is 76.3 Å². The average Bonchev–Trinajstić information content (AvgIpc) is 3.24. The Morgan fingerprint density at radius 2 is 1.87 bits per heavy atom. The molecule has 0 aliphatic carbocycles. The third-order valence-electron chi connectivity index (χ3n) is 4.20. The van der Waals surface area contributed by atoms with E-state index in [4.69, 9.17) is 32.7 Å². The van der Waals surface area contributed by atoms with Crippen LogP contribution in [0.3, 0.4) is 0 Å². The number of unbranched alkanes of at least 4 members (excludes halogenated alkanes) is 1. The standard InChI is InChI=1S/C21H19Cl2F2N3O2/c1-14(28-13-26-12-27-28)21(17-6-5-16(24)11-19(17)25)30-9-3-2-8-29-20-7-4-15(22)10-18(20)23/h4-7,10-13H,2-3,8-9H2,1H3/b21-14-. The van der Waals surface area contributed by atoms with Gasteiger partial charge in [-0.15, -0.1) is 0 Å². The van der Waals surface area contributed by atoms with Gasteiger partial charge in [-0.2, -0.15) is 5.10 Å². The maximum atomic E-state index is 14.3. The maximum absolute atomic E-state index is 14.3. The molecule has 0 aliphatic rings. The summed E-state index contributed by atoms with van der Waals surface area (Å²) in [6.07, 6.45) is 4.16. The molecule has 1 heterocycles. The highest BCUT2D eigenvalue weighted by Crippen LogP contribution is 2.28. The van der Waals surface area contributed by atoms with Crippen molar-refractivity contribution in [2.45, 2.75) is 19.8 Å². The van der Waals surface area contributed by atoms with Crippen LogP contribution < -0.4 is 4.74 Å². The van der Waals surface area contributed by atoms with Crippen molar-refractivity contribution >= 4 is 34.7 Å². The van der Waals surface area contributed by atoms with Gasteiger partial charge in [0.2, 0.25) is 0 Å². The molecule has 0 N–H and O–H groups in total. The third kappa shape index (κ3) is 5.70. The van der Waals surface area contributed by atoms with Gasteiger partial charge in [0.1, 0.15) is 30.0 Å². The summed E-state index contributed by atoms with van der Waals surface area (Å²) in [5, 5.41) is 5.03. The summed E-state index contributed by atoms with van der Waals surface area (Å²) in [6, 6.07) is 8.36. The SMILES string of the molecule is C/C(=C(/OCCCCOc1ccc(Cl)cc1Cl)c1ccc(F)cc1F)n1cncn1. The van der Waals surface area contributed by atoms with E-state index in [1.165, 1.54) is 29.5 Å². The highest BCUT2D eigenvalue weighted by Gasteiger charge is 2.15. The Balaban J connectivity index is 1.61. The van der Waals surface area contributed by atoms with E-state index < -0.39 is 11.6 Å². The quantitative estimate of drug-likeness (QED) is 0.290. The summed E-state index contributed by atoms with van der Waals surface area (Å²) in [6.45, 7) is 2.45. The fourth-order valence-corrected chi connectivity index (χ4v) is 3.15. The van der Waals surface area contributed by atoms with E-state index in [1.807, 2.05) is 0 Å². The number of nitrogens with zero attached hydrogens (tertiary/aromatic N) is 3. The first kappa shape index (κ1) is 22.1. The van der Waals surface area contributed by atoms with Crippen LogP contribution in [0.25, 0.3) is 11.5 Å². The van der Waals surface area contributed by atoms with E-state index in [2.05, 4.69) is 10.1 Å². The number of rotatable bonds is 9. The third-order valence-corrected chi connectivity index (χ3v) is 4.73. The molecule has 0 saturated heterocycles. The number of halogens is 4. The molecule has 2 aromatic carbocycles. The van der Waals surface area contributed by atoms with Gasteiger partial charge in [-0.05, 0) is 50.1 Å². The molecule has 0 aliphatic heterocycles. The molecule has 0 atom stereocenters. The molecule has 158 valence electrons. The predicted octanol–water partition coefficient (Wildman–Crippen LogP) is 6.08. The number of aromatic nitrogens is 3. The van der Waals surface area contributed by atoms with Gasteiger partial charge in [-0.25, -0.2) is 18.4 Å². The van der Waals surface area contributed by atoms with Gasteiger partial charge in [-0.3, -0.25) is 0 Å². The van der Waals surface area contributed by atoms with Crippen LogP contribution in [0.1, 0.15) is 25.3 Å². The molecule has 0 saturated carbocycles. The highest BCUT2D eigenvalue weighted by molar-refractivity contribution is 6.35. The van der Waals surface area contributed by atoms with Crippen molar-refractivity contribution in [2.75, 3.05) is 13.2 Å². The highest BCUT2D eigenvalue weighted by atomic mass is 35.5. The summed E-state index contributed by atoms with van der Waals surface area (Å²) in [4.78, 5) is 3.89. The lowest BCUT2D eigenvalue weighted by atomic mass is 10.1. The molecule has 0 bridgehead atoms. The molecule has 3 aromatic rings. The van der Waals surface area contributed by atoms with Gasteiger partial charge in [0.25, 0.3) is 0 Å². The van der Waals surface area contributed by atoms with Gasteiger partial charge < -0.3 is 9.47 Å². The van der Waals surface area contributed by atoms with E-state index in [-0.39, 0.29) is 11.3 Å². The Hall–Kier alpha value is -2.64. The van der Waals surface area contributed by atoms with Crippen molar-refractivity contribution in [1.29, 1.82) is 0 Å². The van der Waals surface area contributed by atoms with Crippen molar-refractivity contribution in [1.82, 2.24) is 14.8 Å². The number of ether oxygens (including phenoxy) is 2. The van der Waals surface area contributed by atoms with Crippen LogP contribution in [-0.2, 0) is 4.74 Å². The van der Waals surface area contributed by atoms with Crippen molar-refractivity contribution < 1.29 is 18.3 Å². The lowest BCUT2D eigenvalue weighted by molar-refractivity contribution is 0.243. The monoisotopic (exact) mass is 453 g/mol. The molecule has 0 fully saturated rings. The largest absolute Gasteiger partial charge is 0.492 e. The van der Waals surface area contributed by atoms with E-state index >= 15 is 0 Å². The molecule has 9 heteroatoms. The number of hydrogen-bond acceptors (Lipinski definition) is 4. The summed E-state index contributed by atoms with van der Waals surface area (Å²) < 4.78 is 40.6. The molecule has 0 unspecified atom stereocenters. The van der Waals surface area contributed by atoms with Crippen LogP contribution in [-0.4, -0.2) is 28.0 Å². The van der Waals surface area contributed by atoms with Gasteiger partial charge >= 0.3 is 0 Å². The maximum Gasteiger partial charge on any atom is 0.150 e. The lowest BCUT2D eigenvalue weighted by Gasteiger charge is -2.15. The topological polar surface area (TPSA) is 49.2 Å². The first-order valence-corrected chi connectivity index (χ1v) is 9.93. The second-order valence-electron chi connectivity index (χ2n) is 6.36. The second-order valence-corrected chi connectivity index (χ2v) is 7.20. The lowest BCUT2D eigenvalue weighted by Crippen LogP contribution is -2.06. The Labute approximate surface area is 182 Å². The minimum Gasteiger partial charge on any atom is -0.492 e. The number of allylic oxidation sites excluding steroid dienone is 1. The van der Waals surface area contributed by atoms with Crippen LogP contribution in [0.2, 0.25) is 10.0 Å². The van der Waals surface area contributed by atoms with E-state index in [0.29, 0.717) is 47.5 Å². The molecule has 0 radical (unpaired) electrons. The molecule has 0 spiro atoms. The summed E-state index contributed by atoms with van der Waals surface area (Å²) >= 11 is 11.9. The van der Waals surface area contributed by atoms with Crippen LogP contribution in [0, 0.1) is 11.6 Å². The van der Waals surface area contributed by atoms with Crippen LogP contribution in [0.4, 0.5) is 8.78 Å². The fraction of sp³-hybridized carbons (Fsp3) is 0.238. The molecular formula is C21H19Cl2F2N3O2. The van der Waals surface area contributed by atoms with Crippen LogP contribution >= 0.6 is 23.2 Å². The van der Waals surface area contributed by atoms with E-state index in [9.17, 15) is 8.78 Å². The van der Waals surface area contributed by atoms with Gasteiger partial charge in [0, 0.05) is 11.1 Å². The van der Waals surface area contributed by atoms with Crippen molar-refractivity contribution in [3.63, 3.8) is 0 Å². The Bertz CT molecular complexity index is 1030. The molecular weight excluding hydrogens is 435 g/mol. The van der Waals surface area contributed by atoms with Crippen molar-refractivity contribution in [3.8, 4) is 5.75 Å². The zero-order chi connectivity index (χ0) is 21.5. The number of benzene rings is 2. The predicted molar refractivity (Wildman–Crippen MR) is 112 cm³/mol.